The number of nitrogens with one attached hydrogen (secondary N) is 2. The normalized spacial score (nSPS) is 13.6. The zero-order valence-corrected chi connectivity index (χ0v) is 27.6. The molecule has 0 aromatic heterocycles. The highest BCUT2D eigenvalue weighted by Crippen LogP contribution is 2.24. The van der Waals surface area contributed by atoms with Crippen LogP contribution in [0.2, 0.25) is 0 Å². The molecule has 0 radical (unpaired) electrons. The summed E-state index contributed by atoms with van der Waals surface area (Å²) >= 11 is 1.50. The number of alkyl carbamates (subject to hydrolysis) is 1. The zero-order valence-electron chi connectivity index (χ0n) is 26.8. The number of carbonyl (C=O) groups excluding carboxylic acids is 4. The topological polar surface area (TPSA) is 134 Å². The van der Waals surface area contributed by atoms with Crippen molar-refractivity contribution in [2.24, 2.45) is 0 Å². The number of rotatable bonds is 14. The summed E-state index contributed by atoms with van der Waals surface area (Å²) in [5, 5.41) is 15.5. The Hall–Kier alpha value is -3.57. The molecule has 10 nitrogen and oxygen atoms in total. The predicted molar refractivity (Wildman–Crippen MR) is 172 cm³/mol. The van der Waals surface area contributed by atoms with Crippen LogP contribution in [0.5, 0.6) is 0 Å². The average Bonchev–Trinajstić information content (AvgIpc) is 2.93. The first-order valence-electron chi connectivity index (χ1n) is 14.7. The molecule has 3 N–H and O–H groups in total. The Balaban J connectivity index is 2.51. The molecule has 2 aromatic carbocycles. The molecule has 0 saturated heterocycles. The molecule has 2 rings (SSSR count). The highest BCUT2D eigenvalue weighted by atomic mass is 32.2. The lowest BCUT2D eigenvalue weighted by Gasteiger charge is -2.35. The molecule has 0 fully saturated rings. The van der Waals surface area contributed by atoms with Crippen LogP contribution in [0.3, 0.4) is 0 Å². The maximum absolute atomic E-state index is 14.2. The summed E-state index contributed by atoms with van der Waals surface area (Å²) in [6, 6.07) is 14.5. The number of thioether (sulfide) groups is 1. The molecule has 3 unspecified atom stereocenters. The number of ether oxygens (including phenoxy) is 2. The van der Waals surface area contributed by atoms with Crippen molar-refractivity contribution in [2.75, 3.05) is 25.2 Å². The van der Waals surface area contributed by atoms with Crippen molar-refractivity contribution >= 4 is 35.6 Å². The minimum Gasteiger partial charge on any atom is -0.458 e. The molecule has 44 heavy (non-hydrogen) atoms. The monoisotopic (exact) mass is 629 g/mol. The van der Waals surface area contributed by atoms with Gasteiger partial charge in [0.1, 0.15) is 29.3 Å². The smallest absolute Gasteiger partial charge is 0.408 e. The Kier molecular flexibility index (Phi) is 14.2. The van der Waals surface area contributed by atoms with E-state index < -0.39 is 59.8 Å². The number of hydrogen-bond acceptors (Lipinski definition) is 8. The van der Waals surface area contributed by atoms with Crippen molar-refractivity contribution in [2.45, 2.75) is 83.7 Å². The van der Waals surface area contributed by atoms with Gasteiger partial charge in [-0.2, -0.15) is 11.8 Å². The van der Waals surface area contributed by atoms with Crippen molar-refractivity contribution in [1.82, 2.24) is 15.5 Å². The predicted octanol–water partition coefficient (Wildman–Crippen LogP) is 4.26. The van der Waals surface area contributed by atoms with Gasteiger partial charge in [0, 0.05) is 13.0 Å². The van der Waals surface area contributed by atoms with Crippen LogP contribution in [-0.2, 0) is 30.3 Å². The lowest BCUT2D eigenvalue weighted by molar-refractivity contribution is -0.159. The lowest BCUT2D eigenvalue weighted by Crippen LogP contribution is -2.55. The van der Waals surface area contributed by atoms with Gasteiger partial charge in [0.15, 0.2) is 0 Å². The van der Waals surface area contributed by atoms with Gasteiger partial charge in [0.25, 0.3) is 0 Å². The second-order valence-corrected chi connectivity index (χ2v) is 13.3. The number of nitrogens with zero attached hydrogens (tertiary/aromatic N) is 1. The largest absolute Gasteiger partial charge is 0.458 e. The number of carbonyl (C=O) groups is 4. The van der Waals surface area contributed by atoms with Crippen LogP contribution in [0, 0.1) is 0 Å². The first-order valence-corrected chi connectivity index (χ1v) is 16.1. The molecule has 3 atom stereocenters. The summed E-state index contributed by atoms with van der Waals surface area (Å²) in [7, 11) is 0. The minimum atomic E-state index is -1.23. The third kappa shape index (κ3) is 12.6. The fraction of sp³-hybridized carbons (Fsp3) is 0.515. The standard InChI is InChI=1S/C33H47N3O7S/c1-32(2,3)42-30(40)26(22-23-14-10-8-11-15-23)34-28(38)27(24-16-12-9-13-17-24)36(19-20-37)29(39)25(18-21-44-7)35-31(41)43-33(4,5)6/h8-17,25-27,37H,18-22H2,1-7H3,(H,34,38)(H,35,41). The Labute approximate surface area is 265 Å². The van der Waals surface area contributed by atoms with Gasteiger partial charge in [0.05, 0.1) is 6.61 Å². The molecule has 11 heteroatoms. The number of hydrogen-bond donors (Lipinski definition) is 3. The van der Waals surface area contributed by atoms with E-state index >= 15 is 0 Å². The molecule has 0 aliphatic rings. The summed E-state index contributed by atoms with van der Waals surface area (Å²) in [6.45, 7) is 9.74. The summed E-state index contributed by atoms with van der Waals surface area (Å²) in [5.74, 6) is -1.28. The first-order chi connectivity index (χ1) is 20.6. The van der Waals surface area contributed by atoms with Crippen LogP contribution in [-0.4, -0.2) is 82.3 Å². The molecule has 3 amide bonds. The van der Waals surface area contributed by atoms with Crippen LogP contribution in [0.4, 0.5) is 4.79 Å². The van der Waals surface area contributed by atoms with E-state index in [2.05, 4.69) is 10.6 Å². The van der Waals surface area contributed by atoms with E-state index in [1.807, 2.05) is 36.6 Å². The summed E-state index contributed by atoms with van der Waals surface area (Å²) in [4.78, 5) is 55.6. The Bertz CT molecular complexity index is 1210. The van der Waals surface area contributed by atoms with Gasteiger partial charge in [-0.25, -0.2) is 9.59 Å². The van der Waals surface area contributed by atoms with Crippen LogP contribution in [0.1, 0.15) is 65.1 Å². The van der Waals surface area contributed by atoms with Gasteiger partial charge < -0.3 is 30.1 Å². The Morgan fingerprint density at radius 2 is 1.41 bits per heavy atom. The van der Waals surface area contributed by atoms with Gasteiger partial charge >= 0.3 is 12.1 Å². The molecule has 0 aliphatic heterocycles. The molecule has 0 heterocycles. The molecule has 0 aliphatic carbocycles. The first kappa shape index (κ1) is 36.6. The number of esters is 1. The maximum atomic E-state index is 14.2. The van der Waals surface area contributed by atoms with E-state index in [0.717, 1.165) is 5.56 Å². The van der Waals surface area contributed by atoms with E-state index in [0.29, 0.717) is 11.3 Å². The molecular weight excluding hydrogens is 582 g/mol. The Morgan fingerprint density at radius 3 is 1.93 bits per heavy atom. The third-order valence-corrected chi connectivity index (χ3v) is 6.83. The van der Waals surface area contributed by atoms with Gasteiger partial charge in [-0.3, -0.25) is 9.59 Å². The van der Waals surface area contributed by atoms with Gasteiger partial charge in [-0.1, -0.05) is 60.7 Å². The maximum Gasteiger partial charge on any atom is 0.408 e. The van der Waals surface area contributed by atoms with Crippen molar-refractivity contribution < 1.29 is 33.8 Å². The van der Waals surface area contributed by atoms with Crippen LogP contribution in [0.15, 0.2) is 60.7 Å². The second-order valence-electron chi connectivity index (χ2n) is 12.3. The van der Waals surface area contributed by atoms with Crippen molar-refractivity contribution in [3.8, 4) is 0 Å². The zero-order chi connectivity index (χ0) is 32.9. The molecule has 0 bridgehead atoms. The van der Waals surface area contributed by atoms with Crippen LogP contribution in [0.25, 0.3) is 0 Å². The van der Waals surface area contributed by atoms with Crippen molar-refractivity contribution in [3.05, 3.63) is 71.8 Å². The van der Waals surface area contributed by atoms with Gasteiger partial charge in [-0.15, -0.1) is 0 Å². The fourth-order valence-electron chi connectivity index (χ4n) is 4.39. The summed E-state index contributed by atoms with van der Waals surface area (Å²) < 4.78 is 11.0. The van der Waals surface area contributed by atoms with E-state index in [1.165, 1.54) is 16.7 Å². The minimum absolute atomic E-state index is 0.160. The molecule has 2 aromatic rings. The Morgan fingerprint density at radius 1 is 0.841 bits per heavy atom. The third-order valence-electron chi connectivity index (χ3n) is 6.19. The highest BCUT2D eigenvalue weighted by molar-refractivity contribution is 7.98. The summed E-state index contributed by atoms with van der Waals surface area (Å²) in [6.07, 6.45) is 1.53. The van der Waals surface area contributed by atoms with Crippen molar-refractivity contribution in [1.29, 1.82) is 0 Å². The second kappa shape index (κ2) is 17.1. The average molecular weight is 630 g/mol. The SMILES string of the molecule is CSCCC(NC(=O)OC(C)(C)C)C(=O)N(CCO)C(C(=O)NC(Cc1ccccc1)C(=O)OC(C)(C)C)c1ccccc1. The number of amides is 3. The van der Waals surface area contributed by atoms with Crippen molar-refractivity contribution in [3.63, 3.8) is 0 Å². The number of benzene rings is 2. The molecule has 0 spiro atoms. The van der Waals surface area contributed by atoms with Crippen LogP contribution >= 0.6 is 11.8 Å². The summed E-state index contributed by atoms with van der Waals surface area (Å²) in [5.41, 5.74) is -0.312. The fourth-order valence-corrected chi connectivity index (χ4v) is 4.86. The van der Waals surface area contributed by atoms with Gasteiger partial charge in [-0.05, 0) is 71.1 Å². The lowest BCUT2D eigenvalue weighted by atomic mass is 10.0. The molecule has 0 saturated carbocycles. The molecular formula is C33H47N3O7S. The van der Waals surface area contributed by atoms with E-state index in [1.54, 1.807) is 71.9 Å². The number of aliphatic hydroxyl groups is 1. The number of aliphatic hydroxyl groups excluding tert-OH is 1. The van der Waals surface area contributed by atoms with E-state index in [-0.39, 0.29) is 19.4 Å². The van der Waals surface area contributed by atoms with Gasteiger partial charge in [0.2, 0.25) is 11.8 Å². The quantitative estimate of drug-likeness (QED) is 0.264. The van der Waals surface area contributed by atoms with Crippen LogP contribution < -0.4 is 10.6 Å². The highest BCUT2D eigenvalue weighted by Gasteiger charge is 2.38. The van der Waals surface area contributed by atoms with E-state index in [9.17, 15) is 24.3 Å². The van der Waals surface area contributed by atoms with E-state index in [4.69, 9.17) is 9.47 Å². The molecule has 242 valence electrons.